The molecule has 0 aliphatic rings. The predicted octanol–water partition coefficient (Wildman–Crippen LogP) is 3.22. The van der Waals surface area contributed by atoms with Crippen molar-refractivity contribution in [2.45, 2.75) is 26.8 Å². The van der Waals surface area contributed by atoms with Crippen LogP contribution in [0, 0.1) is 19.8 Å². The molecular formula is C23H25N3O3. The Balaban J connectivity index is 1.63. The number of aliphatic carboxylic acids is 1. The van der Waals surface area contributed by atoms with Crippen LogP contribution in [-0.2, 0) is 17.8 Å². The minimum Gasteiger partial charge on any atom is -0.481 e. The first kappa shape index (κ1) is 20.3. The van der Waals surface area contributed by atoms with Crippen molar-refractivity contribution in [1.29, 1.82) is 0 Å². The van der Waals surface area contributed by atoms with Crippen LogP contribution in [0.15, 0.2) is 60.7 Å². The summed E-state index contributed by atoms with van der Waals surface area (Å²) < 4.78 is 1.90. The molecule has 1 unspecified atom stereocenters. The summed E-state index contributed by atoms with van der Waals surface area (Å²) in [6.07, 6.45) is 0.369. The summed E-state index contributed by atoms with van der Waals surface area (Å²) in [5.74, 6) is -1.88. The van der Waals surface area contributed by atoms with Crippen LogP contribution < -0.4 is 5.32 Å². The van der Waals surface area contributed by atoms with Gasteiger partial charge < -0.3 is 10.4 Å². The summed E-state index contributed by atoms with van der Waals surface area (Å²) >= 11 is 0. The minimum absolute atomic E-state index is 0.0742. The van der Waals surface area contributed by atoms with Crippen molar-refractivity contribution in [3.8, 4) is 0 Å². The molecule has 2 N–H and O–H groups in total. The molecule has 1 aromatic heterocycles. The van der Waals surface area contributed by atoms with Gasteiger partial charge in [-0.15, -0.1) is 0 Å². The van der Waals surface area contributed by atoms with Crippen molar-refractivity contribution in [3.63, 3.8) is 0 Å². The lowest BCUT2D eigenvalue weighted by Gasteiger charge is -2.14. The van der Waals surface area contributed by atoms with E-state index in [9.17, 15) is 14.7 Å². The van der Waals surface area contributed by atoms with Gasteiger partial charge in [-0.05, 0) is 49.6 Å². The maximum atomic E-state index is 12.6. The van der Waals surface area contributed by atoms with Gasteiger partial charge in [-0.25, -0.2) is 0 Å². The van der Waals surface area contributed by atoms with Crippen LogP contribution in [0.2, 0.25) is 0 Å². The molecule has 0 aliphatic heterocycles. The monoisotopic (exact) mass is 391 g/mol. The predicted molar refractivity (Wildman–Crippen MR) is 111 cm³/mol. The smallest absolute Gasteiger partial charge is 0.308 e. The second-order valence-corrected chi connectivity index (χ2v) is 7.22. The Morgan fingerprint density at radius 1 is 1.03 bits per heavy atom. The van der Waals surface area contributed by atoms with Crippen molar-refractivity contribution < 1.29 is 14.7 Å². The zero-order valence-corrected chi connectivity index (χ0v) is 16.6. The number of carbonyl (C=O) groups excluding carboxylic acids is 1. The van der Waals surface area contributed by atoms with Gasteiger partial charge in [0.2, 0.25) is 0 Å². The first-order chi connectivity index (χ1) is 13.9. The van der Waals surface area contributed by atoms with Gasteiger partial charge in [-0.3, -0.25) is 14.3 Å². The van der Waals surface area contributed by atoms with E-state index in [-0.39, 0.29) is 12.5 Å². The van der Waals surface area contributed by atoms with Gasteiger partial charge >= 0.3 is 5.97 Å². The van der Waals surface area contributed by atoms with Gasteiger partial charge in [0.25, 0.3) is 5.91 Å². The van der Waals surface area contributed by atoms with Crippen molar-refractivity contribution in [2.75, 3.05) is 6.54 Å². The Kier molecular flexibility index (Phi) is 6.44. The van der Waals surface area contributed by atoms with E-state index in [1.165, 1.54) is 0 Å². The minimum atomic E-state index is -0.924. The van der Waals surface area contributed by atoms with E-state index in [1.807, 2.05) is 73.1 Å². The van der Waals surface area contributed by atoms with Crippen LogP contribution in [0.1, 0.15) is 32.9 Å². The highest BCUT2D eigenvalue weighted by atomic mass is 16.4. The van der Waals surface area contributed by atoms with Crippen LogP contribution >= 0.6 is 0 Å². The third-order valence-corrected chi connectivity index (χ3v) is 4.81. The quantitative estimate of drug-likeness (QED) is 0.617. The number of carbonyl (C=O) groups is 2. The summed E-state index contributed by atoms with van der Waals surface area (Å²) in [5.41, 5.74) is 4.41. The van der Waals surface area contributed by atoms with E-state index in [0.29, 0.717) is 18.5 Å². The fraction of sp³-hybridized carbons (Fsp3) is 0.261. The van der Waals surface area contributed by atoms with Crippen molar-refractivity contribution in [3.05, 3.63) is 88.7 Å². The number of aryl methyl sites for hydroxylation is 2. The highest BCUT2D eigenvalue weighted by Gasteiger charge is 2.19. The van der Waals surface area contributed by atoms with Crippen molar-refractivity contribution in [2.24, 2.45) is 5.92 Å². The fourth-order valence-corrected chi connectivity index (χ4v) is 3.28. The Morgan fingerprint density at radius 2 is 1.76 bits per heavy atom. The molecule has 3 aromatic rings. The van der Waals surface area contributed by atoms with Gasteiger partial charge in [0.05, 0.1) is 18.2 Å². The lowest BCUT2D eigenvalue weighted by atomic mass is 9.99. The number of rotatable bonds is 8. The van der Waals surface area contributed by atoms with Crippen LogP contribution in [0.5, 0.6) is 0 Å². The largest absolute Gasteiger partial charge is 0.481 e. The third-order valence-electron chi connectivity index (χ3n) is 4.81. The first-order valence-electron chi connectivity index (χ1n) is 9.57. The molecular weight excluding hydrogens is 366 g/mol. The second kappa shape index (κ2) is 9.19. The highest BCUT2D eigenvalue weighted by molar-refractivity contribution is 5.94. The number of carboxylic acids is 1. The molecule has 1 atom stereocenters. The maximum absolute atomic E-state index is 12.6. The number of aromatic nitrogens is 2. The zero-order chi connectivity index (χ0) is 20.8. The molecule has 29 heavy (non-hydrogen) atoms. The maximum Gasteiger partial charge on any atom is 0.308 e. The van der Waals surface area contributed by atoms with Gasteiger partial charge in [0.1, 0.15) is 0 Å². The summed E-state index contributed by atoms with van der Waals surface area (Å²) in [5, 5.41) is 16.7. The van der Waals surface area contributed by atoms with Gasteiger partial charge in [-0.2, -0.15) is 5.10 Å². The lowest BCUT2D eigenvalue weighted by Crippen LogP contribution is -2.34. The molecule has 0 bridgehead atoms. The van der Waals surface area contributed by atoms with E-state index in [0.717, 1.165) is 22.5 Å². The van der Waals surface area contributed by atoms with E-state index in [1.54, 1.807) is 6.07 Å². The van der Waals surface area contributed by atoms with E-state index in [2.05, 4.69) is 10.4 Å². The van der Waals surface area contributed by atoms with E-state index >= 15 is 0 Å². The Morgan fingerprint density at radius 3 is 2.41 bits per heavy atom. The highest BCUT2D eigenvalue weighted by Crippen LogP contribution is 2.12. The Labute approximate surface area is 170 Å². The number of nitrogens with zero attached hydrogens (tertiary/aromatic N) is 2. The number of carboxylic acid groups (broad SMARTS) is 1. The van der Waals surface area contributed by atoms with Crippen LogP contribution in [0.25, 0.3) is 0 Å². The molecule has 0 spiro atoms. The molecule has 6 nitrogen and oxygen atoms in total. The number of nitrogens with one attached hydrogen (secondary N) is 1. The van der Waals surface area contributed by atoms with E-state index < -0.39 is 11.9 Å². The number of hydrogen-bond acceptors (Lipinski definition) is 3. The van der Waals surface area contributed by atoms with Gasteiger partial charge in [-0.1, -0.05) is 42.5 Å². The first-order valence-corrected chi connectivity index (χ1v) is 9.57. The molecule has 0 saturated heterocycles. The number of amides is 1. The van der Waals surface area contributed by atoms with E-state index in [4.69, 9.17) is 0 Å². The van der Waals surface area contributed by atoms with Crippen LogP contribution in [-0.4, -0.2) is 33.3 Å². The summed E-state index contributed by atoms with van der Waals surface area (Å²) in [6, 6.07) is 18.8. The topological polar surface area (TPSA) is 84.2 Å². The normalized spacial score (nSPS) is 11.8. The van der Waals surface area contributed by atoms with Crippen LogP contribution in [0.4, 0.5) is 0 Å². The summed E-state index contributed by atoms with van der Waals surface area (Å²) in [6.45, 7) is 4.59. The molecule has 0 radical (unpaired) electrons. The average Bonchev–Trinajstić information content (AvgIpc) is 3.02. The molecule has 0 fully saturated rings. The van der Waals surface area contributed by atoms with Gasteiger partial charge in [0, 0.05) is 17.8 Å². The van der Waals surface area contributed by atoms with Crippen molar-refractivity contribution >= 4 is 11.9 Å². The molecule has 0 saturated carbocycles. The lowest BCUT2D eigenvalue weighted by molar-refractivity contribution is -0.141. The average molecular weight is 391 g/mol. The Hall–Kier alpha value is -3.41. The number of benzene rings is 2. The Bertz CT molecular complexity index is 996. The fourth-order valence-electron chi connectivity index (χ4n) is 3.28. The third kappa shape index (κ3) is 5.54. The van der Waals surface area contributed by atoms with Crippen LogP contribution in [0.3, 0.4) is 0 Å². The molecule has 3 rings (SSSR count). The second-order valence-electron chi connectivity index (χ2n) is 7.22. The zero-order valence-electron chi connectivity index (χ0n) is 16.6. The number of hydrogen-bond donors (Lipinski definition) is 2. The SMILES string of the molecule is Cc1cc(C)n(Cc2cccc(C(=O)NCC(Cc3ccccc3)C(=O)O)c2)n1. The van der Waals surface area contributed by atoms with Crippen molar-refractivity contribution in [1.82, 2.24) is 15.1 Å². The molecule has 2 aromatic carbocycles. The molecule has 150 valence electrons. The summed E-state index contributed by atoms with van der Waals surface area (Å²) in [4.78, 5) is 24.2. The molecule has 0 aliphatic carbocycles. The van der Waals surface area contributed by atoms with Gasteiger partial charge in [0.15, 0.2) is 0 Å². The standard InChI is InChI=1S/C23H25N3O3/c1-16-11-17(2)26(25-16)15-19-9-6-10-20(13-19)22(27)24-14-21(23(28)29)12-18-7-4-3-5-8-18/h3-11,13,21H,12,14-15H2,1-2H3,(H,24,27)(H,28,29). The molecule has 6 heteroatoms. The molecule has 1 heterocycles. The molecule has 1 amide bonds. The summed E-state index contributed by atoms with van der Waals surface area (Å²) in [7, 11) is 0.